The highest BCUT2D eigenvalue weighted by Gasteiger charge is 2.39. The van der Waals surface area contributed by atoms with Crippen molar-refractivity contribution in [1.82, 2.24) is 9.88 Å². The van der Waals surface area contributed by atoms with Crippen LogP contribution >= 0.6 is 0 Å². The SMILES string of the molecule is CC1(NC(=O)Cn2cc(N)ccc2=O)CCS(=O)(=O)C1. The van der Waals surface area contributed by atoms with E-state index in [2.05, 4.69) is 5.32 Å². The van der Waals surface area contributed by atoms with Gasteiger partial charge in [-0.05, 0) is 19.4 Å². The smallest absolute Gasteiger partial charge is 0.251 e. The number of nitrogens with two attached hydrogens (primary N) is 1. The van der Waals surface area contributed by atoms with Crippen LogP contribution in [0, 0.1) is 0 Å². The maximum Gasteiger partial charge on any atom is 0.251 e. The Kier molecular flexibility index (Phi) is 3.59. The van der Waals surface area contributed by atoms with Crippen LogP contribution in [0.5, 0.6) is 0 Å². The number of carbonyl (C=O) groups is 1. The van der Waals surface area contributed by atoms with Gasteiger partial charge in [-0.2, -0.15) is 0 Å². The fraction of sp³-hybridized carbons (Fsp3) is 0.500. The van der Waals surface area contributed by atoms with Gasteiger partial charge in [-0.25, -0.2) is 8.42 Å². The topological polar surface area (TPSA) is 111 Å². The van der Waals surface area contributed by atoms with E-state index >= 15 is 0 Å². The van der Waals surface area contributed by atoms with Crippen molar-refractivity contribution in [2.75, 3.05) is 17.2 Å². The fourth-order valence-electron chi connectivity index (χ4n) is 2.31. The van der Waals surface area contributed by atoms with Crippen molar-refractivity contribution in [2.45, 2.75) is 25.4 Å². The van der Waals surface area contributed by atoms with Gasteiger partial charge in [0.2, 0.25) is 5.91 Å². The van der Waals surface area contributed by atoms with Crippen LogP contribution in [0.25, 0.3) is 0 Å². The van der Waals surface area contributed by atoms with Crippen molar-refractivity contribution in [3.05, 3.63) is 28.7 Å². The van der Waals surface area contributed by atoms with Crippen LogP contribution in [0.4, 0.5) is 5.69 Å². The number of hydrogen-bond donors (Lipinski definition) is 2. The lowest BCUT2D eigenvalue weighted by Crippen LogP contribution is -2.48. The summed E-state index contributed by atoms with van der Waals surface area (Å²) in [6.45, 7) is 1.51. The van der Waals surface area contributed by atoms with E-state index in [1.165, 1.54) is 22.9 Å². The van der Waals surface area contributed by atoms with E-state index in [0.29, 0.717) is 12.1 Å². The zero-order valence-electron chi connectivity index (χ0n) is 11.1. The highest BCUT2D eigenvalue weighted by molar-refractivity contribution is 7.91. The highest BCUT2D eigenvalue weighted by atomic mass is 32.2. The van der Waals surface area contributed by atoms with Gasteiger partial charge in [0.15, 0.2) is 9.84 Å². The summed E-state index contributed by atoms with van der Waals surface area (Å²) in [4.78, 5) is 23.5. The molecule has 1 atom stereocenters. The molecule has 0 saturated carbocycles. The number of anilines is 1. The molecule has 1 aromatic rings. The summed E-state index contributed by atoms with van der Waals surface area (Å²) in [6.07, 6.45) is 1.77. The number of rotatable bonds is 3. The molecule has 1 aliphatic rings. The van der Waals surface area contributed by atoms with Gasteiger partial charge >= 0.3 is 0 Å². The van der Waals surface area contributed by atoms with Crippen molar-refractivity contribution in [3.8, 4) is 0 Å². The summed E-state index contributed by atoms with van der Waals surface area (Å²) in [7, 11) is -3.09. The molecule has 0 aromatic carbocycles. The molecule has 0 radical (unpaired) electrons. The molecule has 2 heterocycles. The van der Waals surface area contributed by atoms with E-state index in [-0.39, 0.29) is 23.6 Å². The maximum atomic E-state index is 11.9. The van der Waals surface area contributed by atoms with Gasteiger partial charge in [0.05, 0.1) is 17.0 Å². The number of nitrogens with zero attached hydrogens (tertiary/aromatic N) is 1. The normalized spacial score (nSPS) is 24.4. The van der Waals surface area contributed by atoms with Crippen LogP contribution in [-0.2, 0) is 21.2 Å². The Balaban J connectivity index is 2.07. The second-order valence-electron chi connectivity index (χ2n) is 5.38. The molecule has 1 amide bonds. The molecule has 1 unspecified atom stereocenters. The Hall–Kier alpha value is -1.83. The fourth-order valence-corrected chi connectivity index (χ4v) is 4.41. The van der Waals surface area contributed by atoms with Gasteiger partial charge in [0.25, 0.3) is 5.56 Å². The van der Waals surface area contributed by atoms with Gasteiger partial charge in [-0.1, -0.05) is 0 Å². The maximum absolute atomic E-state index is 11.9. The third-order valence-corrected chi connectivity index (χ3v) is 5.17. The van der Waals surface area contributed by atoms with Crippen molar-refractivity contribution in [1.29, 1.82) is 0 Å². The molecule has 1 saturated heterocycles. The highest BCUT2D eigenvalue weighted by Crippen LogP contribution is 2.22. The van der Waals surface area contributed by atoms with E-state index in [4.69, 9.17) is 5.73 Å². The molecule has 2 rings (SSSR count). The second-order valence-corrected chi connectivity index (χ2v) is 7.56. The molecule has 8 heteroatoms. The molecule has 1 fully saturated rings. The molecule has 110 valence electrons. The van der Waals surface area contributed by atoms with E-state index in [1.807, 2.05) is 0 Å². The Morgan fingerprint density at radius 3 is 2.80 bits per heavy atom. The molecule has 1 aliphatic heterocycles. The summed E-state index contributed by atoms with van der Waals surface area (Å²) in [5, 5.41) is 2.69. The van der Waals surface area contributed by atoms with Crippen LogP contribution in [0.3, 0.4) is 0 Å². The van der Waals surface area contributed by atoms with Crippen LogP contribution in [-0.4, -0.2) is 35.9 Å². The Morgan fingerprint density at radius 1 is 1.50 bits per heavy atom. The molecule has 0 aliphatic carbocycles. The van der Waals surface area contributed by atoms with Crippen molar-refractivity contribution < 1.29 is 13.2 Å². The number of amides is 1. The van der Waals surface area contributed by atoms with Crippen molar-refractivity contribution >= 4 is 21.4 Å². The van der Waals surface area contributed by atoms with Gasteiger partial charge in [-0.15, -0.1) is 0 Å². The predicted octanol–water partition coefficient (Wildman–Crippen LogP) is -0.876. The molecule has 0 spiro atoms. The van der Waals surface area contributed by atoms with Gasteiger partial charge in [-0.3, -0.25) is 9.59 Å². The lowest BCUT2D eigenvalue weighted by molar-refractivity contribution is -0.123. The molecular formula is C12H17N3O4S. The van der Waals surface area contributed by atoms with Crippen LogP contribution in [0.15, 0.2) is 23.1 Å². The minimum atomic E-state index is -3.09. The molecule has 1 aromatic heterocycles. The van der Waals surface area contributed by atoms with E-state index in [1.54, 1.807) is 6.92 Å². The molecular weight excluding hydrogens is 282 g/mol. The van der Waals surface area contributed by atoms with Crippen LogP contribution < -0.4 is 16.6 Å². The third kappa shape index (κ3) is 3.38. The Labute approximate surface area is 116 Å². The summed E-state index contributed by atoms with van der Waals surface area (Å²) in [5.41, 5.74) is 4.84. The number of carbonyl (C=O) groups excluding carboxylic acids is 1. The summed E-state index contributed by atoms with van der Waals surface area (Å²) in [6, 6.07) is 2.74. The summed E-state index contributed by atoms with van der Waals surface area (Å²) in [5.74, 6) is -0.406. The quantitative estimate of drug-likeness (QED) is 0.753. The number of pyridine rings is 1. The predicted molar refractivity (Wildman–Crippen MR) is 74.9 cm³/mol. The minimum Gasteiger partial charge on any atom is -0.398 e. The van der Waals surface area contributed by atoms with Crippen LogP contribution in [0.2, 0.25) is 0 Å². The second kappa shape index (κ2) is 4.93. The van der Waals surface area contributed by atoms with Crippen LogP contribution in [0.1, 0.15) is 13.3 Å². The zero-order chi connectivity index (χ0) is 15.0. The first-order valence-corrected chi connectivity index (χ1v) is 7.99. The minimum absolute atomic E-state index is 0.0714. The average Bonchev–Trinajstić information content (AvgIpc) is 2.57. The number of hydrogen-bond acceptors (Lipinski definition) is 5. The molecule has 3 N–H and O–H groups in total. The summed E-state index contributed by atoms with van der Waals surface area (Å²) < 4.78 is 24.1. The Bertz CT molecular complexity index is 695. The average molecular weight is 299 g/mol. The molecule has 0 bridgehead atoms. The van der Waals surface area contributed by atoms with E-state index in [0.717, 1.165) is 0 Å². The first kappa shape index (κ1) is 14.6. The Morgan fingerprint density at radius 2 is 2.20 bits per heavy atom. The standard InChI is InChI=1S/C12H17N3O4S/c1-12(4-5-20(18,19)8-12)14-10(16)7-15-6-9(13)2-3-11(15)17/h2-3,6H,4-5,7-8,13H2,1H3,(H,14,16). The molecule has 7 nitrogen and oxygen atoms in total. The summed E-state index contributed by atoms with van der Waals surface area (Å²) >= 11 is 0. The lowest BCUT2D eigenvalue weighted by atomic mass is 10.0. The first-order valence-electron chi connectivity index (χ1n) is 6.17. The largest absolute Gasteiger partial charge is 0.398 e. The van der Waals surface area contributed by atoms with E-state index in [9.17, 15) is 18.0 Å². The lowest BCUT2D eigenvalue weighted by Gasteiger charge is -2.24. The molecule has 20 heavy (non-hydrogen) atoms. The van der Waals surface area contributed by atoms with Gasteiger partial charge in [0.1, 0.15) is 6.54 Å². The number of sulfone groups is 1. The van der Waals surface area contributed by atoms with Crippen molar-refractivity contribution in [2.24, 2.45) is 0 Å². The monoisotopic (exact) mass is 299 g/mol. The number of nitrogen functional groups attached to an aromatic ring is 1. The number of nitrogens with one attached hydrogen (secondary N) is 1. The number of aromatic nitrogens is 1. The van der Waals surface area contributed by atoms with Crippen molar-refractivity contribution in [3.63, 3.8) is 0 Å². The van der Waals surface area contributed by atoms with E-state index < -0.39 is 21.3 Å². The van der Waals surface area contributed by atoms with Gasteiger partial charge in [0, 0.05) is 18.0 Å². The zero-order valence-corrected chi connectivity index (χ0v) is 11.9. The first-order chi connectivity index (χ1) is 9.19. The third-order valence-electron chi connectivity index (χ3n) is 3.26. The van der Waals surface area contributed by atoms with Gasteiger partial charge < -0.3 is 15.6 Å².